The summed E-state index contributed by atoms with van der Waals surface area (Å²) in [6.45, 7) is 4.58. The molecule has 1 aromatic heterocycles. The van der Waals surface area contributed by atoms with E-state index in [4.69, 9.17) is 14.6 Å². The molecule has 0 spiro atoms. The summed E-state index contributed by atoms with van der Waals surface area (Å²) in [5.74, 6) is -0.513. The van der Waals surface area contributed by atoms with Gasteiger partial charge in [0.25, 0.3) is 0 Å². The minimum absolute atomic E-state index is 0.00313. The first-order chi connectivity index (χ1) is 23.4. The number of aliphatic hydroxyl groups excluding tert-OH is 1. The zero-order chi connectivity index (χ0) is 33.3. The molecule has 2 aliphatic heterocycles. The highest BCUT2D eigenvalue weighted by atomic mass is 16.7. The predicted octanol–water partition coefficient (Wildman–Crippen LogP) is 4.48. The molecule has 4 aromatic rings. The van der Waals surface area contributed by atoms with Gasteiger partial charge >= 0.3 is 5.97 Å². The molecule has 2 aliphatic rings. The van der Waals surface area contributed by atoms with E-state index in [1.807, 2.05) is 78.9 Å². The number of carboxylic acids is 1. The summed E-state index contributed by atoms with van der Waals surface area (Å²) in [6, 6.07) is 25.8. The normalized spacial score (nSPS) is 19.9. The van der Waals surface area contributed by atoms with Gasteiger partial charge in [0.05, 0.1) is 25.2 Å². The molecule has 3 heterocycles. The standard InChI is InChI=1S/C37H41N5O6/c43-25-26-5-7-29(8-6-26)33-22-32(24-41-17-19-42(20-18-41)37-38-15-2-16-39-37)47-36(48-33)30-11-9-28(10-12-30)31-4-1-3-27(21-31)23-40-34(44)13-14-35(45)46/h1-12,15-16,21,32-33,36,43H,13-14,17-20,22-25H2,(H,40,44)(H,45,46). The number of hydrogen-bond donors (Lipinski definition) is 3. The lowest BCUT2D eigenvalue weighted by atomic mass is 9.98. The van der Waals surface area contributed by atoms with E-state index in [9.17, 15) is 14.7 Å². The molecule has 11 nitrogen and oxygen atoms in total. The number of benzene rings is 3. The molecule has 2 fully saturated rings. The van der Waals surface area contributed by atoms with Gasteiger partial charge in [-0.15, -0.1) is 0 Å². The quantitative estimate of drug-likeness (QED) is 0.201. The van der Waals surface area contributed by atoms with Gasteiger partial charge in [-0.1, -0.05) is 66.7 Å². The summed E-state index contributed by atoms with van der Waals surface area (Å²) in [4.78, 5) is 36.2. The Morgan fingerprint density at radius 1 is 0.812 bits per heavy atom. The number of nitrogens with zero attached hydrogens (tertiary/aromatic N) is 4. The first-order valence-corrected chi connectivity index (χ1v) is 16.4. The smallest absolute Gasteiger partial charge is 0.303 e. The predicted molar refractivity (Wildman–Crippen MR) is 180 cm³/mol. The first-order valence-electron chi connectivity index (χ1n) is 16.4. The first kappa shape index (κ1) is 33.2. The summed E-state index contributed by atoms with van der Waals surface area (Å²) >= 11 is 0. The molecule has 0 bridgehead atoms. The number of amides is 1. The summed E-state index contributed by atoms with van der Waals surface area (Å²) in [7, 11) is 0. The van der Waals surface area contributed by atoms with Crippen molar-refractivity contribution in [2.45, 2.75) is 50.9 Å². The van der Waals surface area contributed by atoms with Gasteiger partial charge < -0.3 is 29.9 Å². The topological polar surface area (TPSA) is 137 Å². The van der Waals surface area contributed by atoms with Crippen molar-refractivity contribution in [3.8, 4) is 11.1 Å². The Kier molecular flexibility index (Phi) is 11.0. The van der Waals surface area contributed by atoms with Crippen LogP contribution >= 0.6 is 0 Å². The third-order valence-electron chi connectivity index (χ3n) is 8.78. The van der Waals surface area contributed by atoms with Crippen molar-refractivity contribution in [2.75, 3.05) is 37.6 Å². The molecule has 0 aliphatic carbocycles. The highest BCUT2D eigenvalue weighted by molar-refractivity contribution is 5.80. The fourth-order valence-electron chi connectivity index (χ4n) is 6.11. The number of ether oxygens (including phenoxy) is 2. The van der Waals surface area contributed by atoms with Gasteiger partial charge in [-0.2, -0.15) is 0 Å². The van der Waals surface area contributed by atoms with Crippen molar-refractivity contribution in [2.24, 2.45) is 0 Å². The van der Waals surface area contributed by atoms with Crippen LogP contribution in [0.1, 0.15) is 53.9 Å². The van der Waals surface area contributed by atoms with E-state index in [-0.39, 0.29) is 37.6 Å². The molecule has 2 saturated heterocycles. The second kappa shape index (κ2) is 15.9. The molecule has 250 valence electrons. The third kappa shape index (κ3) is 8.81. The Balaban J connectivity index is 1.12. The number of carbonyl (C=O) groups is 2. The minimum atomic E-state index is -0.990. The maximum absolute atomic E-state index is 12.0. The second-order valence-corrected chi connectivity index (χ2v) is 12.2. The van der Waals surface area contributed by atoms with Crippen LogP contribution in [0.2, 0.25) is 0 Å². The van der Waals surface area contributed by atoms with Crippen LogP contribution in [0.3, 0.4) is 0 Å². The van der Waals surface area contributed by atoms with Crippen molar-refractivity contribution in [3.63, 3.8) is 0 Å². The molecule has 48 heavy (non-hydrogen) atoms. The average Bonchev–Trinajstić information content (AvgIpc) is 3.14. The Labute approximate surface area is 280 Å². The Morgan fingerprint density at radius 3 is 2.25 bits per heavy atom. The van der Waals surface area contributed by atoms with Crippen LogP contribution in [-0.4, -0.2) is 75.8 Å². The third-order valence-corrected chi connectivity index (χ3v) is 8.78. The average molecular weight is 652 g/mol. The van der Waals surface area contributed by atoms with Gasteiger partial charge in [0.2, 0.25) is 11.9 Å². The van der Waals surface area contributed by atoms with Gasteiger partial charge in [-0.25, -0.2) is 9.97 Å². The Morgan fingerprint density at radius 2 is 1.54 bits per heavy atom. The number of carboxylic acid groups (broad SMARTS) is 1. The van der Waals surface area contributed by atoms with Crippen LogP contribution in [-0.2, 0) is 32.2 Å². The Bertz CT molecular complexity index is 1650. The monoisotopic (exact) mass is 651 g/mol. The summed E-state index contributed by atoms with van der Waals surface area (Å²) in [5, 5.41) is 21.1. The Hall–Kier alpha value is -4.68. The van der Waals surface area contributed by atoms with Gasteiger partial charge in [-0.3, -0.25) is 14.5 Å². The molecule has 0 radical (unpaired) electrons. The number of aromatic nitrogens is 2. The molecular weight excluding hydrogens is 610 g/mol. The van der Waals surface area contributed by atoms with Crippen LogP contribution in [0.5, 0.6) is 0 Å². The summed E-state index contributed by atoms with van der Waals surface area (Å²) in [6.07, 6.45) is 3.27. The largest absolute Gasteiger partial charge is 0.481 e. The highest BCUT2D eigenvalue weighted by Crippen LogP contribution is 2.38. The summed E-state index contributed by atoms with van der Waals surface area (Å²) < 4.78 is 13.2. The van der Waals surface area contributed by atoms with Crippen LogP contribution in [0, 0.1) is 0 Å². The maximum atomic E-state index is 12.0. The van der Waals surface area contributed by atoms with E-state index in [0.29, 0.717) is 13.0 Å². The lowest BCUT2D eigenvalue weighted by Gasteiger charge is -2.40. The van der Waals surface area contributed by atoms with Crippen molar-refractivity contribution in [1.82, 2.24) is 20.2 Å². The van der Waals surface area contributed by atoms with Gasteiger partial charge in [0, 0.05) is 70.1 Å². The lowest BCUT2D eigenvalue weighted by Crippen LogP contribution is -2.50. The molecule has 3 aromatic carbocycles. The fraction of sp³-hybridized carbons (Fsp3) is 0.351. The lowest BCUT2D eigenvalue weighted by molar-refractivity contribution is -0.253. The molecule has 0 saturated carbocycles. The SMILES string of the molecule is O=C(O)CCC(=O)NCc1cccc(-c2ccc(C3OC(CN4CCN(c5ncccn5)CC4)CC(c4ccc(CO)cc4)O3)cc2)c1. The molecular formula is C37H41N5O6. The van der Waals surface area contributed by atoms with Gasteiger partial charge in [0.15, 0.2) is 6.29 Å². The van der Waals surface area contributed by atoms with Crippen LogP contribution < -0.4 is 10.2 Å². The van der Waals surface area contributed by atoms with Crippen LogP contribution in [0.15, 0.2) is 91.3 Å². The number of aliphatic hydroxyl groups is 1. The maximum Gasteiger partial charge on any atom is 0.303 e. The number of piperazine rings is 1. The van der Waals surface area contributed by atoms with Crippen LogP contribution in [0.25, 0.3) is 11.1 Å². The van der Waals surface area contributed by atoms with E-state index in [1.54, 1.807) is 12.4 Å². The van der Waals surface area contributed by atoms with Gasteiger partial charge in [0.1, 0.15) is 0 Å². The zero-order valence-corrected chi connectivity index (χ0v) is 26.8. The molecule has 6 rings (SSSR count). The fourth-order valence-corrected chi connectivity index (χ4v) is 6.11. The molecule has 3 unspecified atom stereocenters. The molecule has 3 atom stereocenters. The molecule has 11 heteroatoms. The minimum Gasteiger partial charge on any atom is -0.481 e. The number of anilines is 1. The van der Waals surface area contributed by atoms with E-state index < -0.39 is 12.3 Å². The van der Waals surface area contributed by atoms with Crippen LogP contribution in [0.4, 0.5) is 5.95 Å². The molecule has 3 N–H and O–H groups in total. The van der Waals surface area contributed by atoms with Crippen molar-refractivity contribution in [1.29, 1.82) is 0 Å². The summed E-state index contributed by atoms with van der Waals surface area (Å²) in [5.41, 5.74) is 5.78. The van der Waals surface area contributed by atoms with E-state index >= 15 is 0 Å². The number of nitrogens with one attached hydrogen (secondary N) is 1. The van der Waals surface area contributed by atoms with Crippen molar-refractivity contribution in [3.05, 3.63) is 114 Å². The van der Waals surface area contributed by atoms with E-state index in [2.05, 4.69) is 25.1 Å². The second-order valence-electron chi connectivity index (χ2n) is 12.2. The number of hydrogen-bond acceptors (Lipinski definition) is 9. The highest BCUT2D eigenvalue weighted by Gasteiger charge is 2.34. The number of rotatable bonds is 12. The van der Waals surface area contributed by atoms with E-state index in [0.717, 1.165) is 72.1 Å². The van der Waals surface area contributed by atoms with Crippen molar-refractivity contribution < 1.29 is 29.3 Å². The molecule has 1 amide bonds. The van der Waals surface area contributed by atoms with Crippen molar-refractivity contribution >= 4 is 17.8 Å². The number of carbonyl (C=O) groups excluding carboxylic acids is 1. The van der Waals surface area contributed by atoms with Gasteiger partial charge in [-0.05, 0) is 39.9 Å². The zero-order valence-electron chi connectivity index (χ0n) is 26.8. The number of aliphatic carboxylic acids is 1. The van der Waals surface area contributed by atoms with E-state index in [1.165, 1.54) is 0 Å².